The van der Waals surface area contributed by atoms with Crippen molar-refractivity contribution in [2.24, 2.45) is 0 Å². The van der Waals surface area contributed by atoms with E-state index in [4.69, 9.17) is 0 Å². The van der Waals surface area contributed by atoms with Gasteiger partial charge in [0.25, 0.3) is 0 Å². The fourth-order valence-electron chi connectivity index (χ4n) is 1.94. The third-order valence-electron chi connectivity index (χ3n) is 3.01. The first-order chi connectivity index (χ1) is 8.34. The van der Waals surface area contributed by atoms with Crippen LogP contribution < -0.4 is 5.30 Å². The summed E-state index contributed by atoms with van der Waals surface area (Å²) in [5.41, 5.74) is 0. The molecule has 0 aliphatic heterocycles. The Morgan fingerprint density at radius 2 is 1.47 bits per heavy atom. The van der Waals surface area contributed by atoms with Gasteiger partial charge in [-0.2, -0.15) is 0 Å². The van der Waals surface area contributed by atoms with Crippen LogP contribution in [-0.4, -0.2) is 6.16 Å². The Hall–Kier alpha value is -0.680. The molecule has 17 heavy (non-hydrogen) atoms. The number of rotatable bonds is 9. The van der Waals surface area contributed by atoms with E-state index in [0.29, 0.717) is 0 Å². The van der Waals surface area contributed by atoms with Crippen molar-refractivity contribution in [1.29, 1.82) is 0 Å². The van der Waals surface area contributed by atoms with Gasteiger partial charge in [0.15, 0.2) is 0 Å². The standard InChI is InChI=1S/C15H24OP/c1-2-3-4-5-6-7-11-14-17(16)15-12-9-8-10-13-15/h8-10,12-13H,2-7,11,14H2,1H3. The minimum atomic E-state index is -1.15. The van der Waals surface area contributed by atoms with Crippen molar-refractivity contribution < 1.29 is 4.57 Å². The predicted molar refractivity (Wildman–Crippen MR) is 76.5 cm³/mol. The van der Waals surface area contributed by atoms with E-state index in [2.05, 4.69) is 6.92 Å². The van der Waals surface area contributed by atoms with Gasteiger partial charge in [0.2, 0.25) is 0 Å². The topological polar surface area (TPSA) is 17.1 Å². The van der Waals surface area contributed by atoms with E-state index in [0.717, 1.165) is 17.9 Å². The van der Waals surface area contributed by atoms with Gasteiger partial charge in [-0.25, -0.2) is 0 Å². The number of hydrogen-bond donors (Lipinski definition) is 0. The van der Waals surface area contributed by atoms with Gasteiger partial charge in [-0.3, -0.25) is 4.57 Å². The van der Waals surface area contributed by atoms with Crippen LogP contribution >= 0.6 is 7.80 Å². The molecule has 1 aromatic carbocycles. The molecule has 0 saturated heterocycles. The Kier molecular flexibility index (Phi) is 7.92. The maximum Gasteiger partial charge on any atom is 0.104 e. The van der Waals surface area contributed by atoms with E-state index in [1.165, 1.54) is 38.5 Å². The second kappa shape index (κ2) is 9.36. The quantitative estimate of drug-likeness (QED) is 0.451. The van der Waals surface area contributed by atoms with Crippen LogP contribution in [0.2, 0.25) is 0 Å². The largest absolute Gasteiger partial charge is 0.282 e. The number of benzene rings is 1. The molecule has 1 nitrogen and oxygen atoms in total. The van der Waals surface area contributed by atoms with Gasteiger partial charge in [-0.05, 0) is 18.6 Å². The third kappa shape index (κ3) is 6.58. The Balaban J connectivity index is 2.05. The van der Waals surface area contributed by atoms with E-state index < -0.39 is 7.80 Å². The van der Waals surface area contributed by atoms with Gasteiger partial charge in [0.05, 0.1) is 0 Å². The minimum Gasteiger partial charge on any atom is -0.282 e. The highest BCUT2D eigenvalue weighted by Gasteiger charge is 2.02. The summed E-state index contributed by atoms with van der Waals surface area (Å²) in [6, 6.07) is 9.85. The number of hydrogen-bond acceptors (Lipinski definition) is 1. The highest BCUT2D eigenvalue weighted by molar-refractivity contribution is 7.53. The average Bonchev–Trinajstić information content (AvgIpc) is 2.38. The SMILES string of the molecule is CCCCCCCCC[P](=O)c1ccccc1. The van der Waals surface area contributed by atoms with Crippen LogP contribution in [0.4, 0.5) is 0 Å². The molecule has 0 aromatic heterocycles. The first-order valence-corrected chi connectivity index (χ1v) is 8.29. The highest BCUT2D eigenvalue weighted by atomic mass is 31.1. The van der Waals surface area contributed by atoms with Gasteiger partial charge >= 0.3 is 0 Å². The van der Waals surface area contributed by atoms with Crippen LogP contribution in [0.1, 0.15) is 51.9 Å². The van der Waals surface area contributed by atoms with Crippen molar-refractivity contribution in [3.63, 3.8) is 0 Å². The van der Waals surface area contributed by atoms with Crippen molar-refractivity contribution >= 4 is 13.1 Å². The number of unbranched alkanes of at least 4 members (excludes halogenated alkanes) is 6. The summed E-state index contributed by atoms with van der Waals surface area (Å²) in [4.78, 5) is 0. The second-order valence-electron chi connectivity index (χ2n) is 4.56. The summed E-state index contributed by atoms with van der Waals surface area (Å²) < 4.78 is 11.9. The van der Waals surface area contributed by atoms with E-state index in [1.807, 2.05) is 30.3 Å². The van der Waals surface area contributed by atoms with E-state index >= 15 is 0 Å². The smallest absolute Gasteiger partial charge is 0.104 e. The lowest BCUT2D eigenvalue weighted by atomic mass is 10.1. The van der Waals surface area contributed by atoms with Gasteiger partial charge in [0, 0.05) is 11.5 Å². The summed E-state index contributed by atoms with van der Waals surface area (Å²) in [7, 11) is -1.15. The van der Waals surface area contributed by atoms with Crippen LogP contribution in [0, 0.1) is 0 Å². The summed E-state index contributed by atoms with van der Waals surface area (Å²) in [6.45, 7) is 2.24. The molecule has 0 aliphatic carbocycles. The summed E-state index contributed by atoms with van der Waals surface area (Å²) in [5.74, 6) is 0. The zero-order valence-electron chi connectivity index (χ0n) is 10.9. The Labute approximate surface area is 106 Å². The summed E-state index contributed by atoms with van der Waals surface area (Å²) >= 11 is 0. The Bertz CT molecular complexity index is 308. The molecule has 0 N–H and O–H groups in total. The Morgan fingerprint density at radius 3 is 2.12 bits per heavy atom. The van der Waals surface area contributed by atoms with Crippen LogP contribution in [0.25, 0.3) is 0 Å². The van der Waals surface area contributed by atoms with Crippen molar-refractivity contribution in [2.75, 3.05) is 6.16 Å². The molecule has 0 heterocycles. The molecule has 0 saturated carbocycles. The van der Waals surface area contributed by atoms with E-state index in [-0.39, 0.29) is 0 Å². The van der Waals surface area contributed by atoms with Crippen LogP contribution in [0.15, 0.2) is 30.3 Å². The molecule has 1 radical (unpaired) electrons. The molecule has 95 valence electrons. The maximum atomic E-state index is 11.9. The van der Waals surface area contributed by atoms with Crippen molar-refractivity contribution in [2.45, 2.75) is 51.9 Å². The fraction of sp³-hybridized carbons (Fsp3) is 0.600. The minimum absolute atomic E-state index is 0.854. The van der Waals surface area contributed by atoms with E-state index in [9.17, 15) is 4.57 Å². The molecule has 0 bridgehead atoms. The molecule has 0 fully saturated rings. The van der Waals surface area contributed by atoms with Gasteiger partial charge < -0.3 is 0 Å². The van der Waals surface area contributed by atoms with Crippen molar-refractivity contribution in [1.82, 2.24) is 0 Å². The molecule has 2 heteroatoms. The van der Waals surface area contributed by atoms with E-state index in [1.54, 1.807) is 0 Å². The molecule has 0 amide bonds. The molecule has 0 spiro atoms. The van der Waals surface area contributed by atoms with Crippen LogP contribution in [0.5, 0.6) is 0 Å². The molecule has 0 aliphatic rings. The lowest BCUT2D eigenvalue weighted by Crippen LogP contribution is -1.96. The molecule has 1 unspecified atom stereocenters. The second-order valence-corrected chi connectivity index (χ2v) is 6.28. The zero-order valence-corrected chi connectivity index (χ0v) is 11.8. The first-order valence-electron chi connectivity index (χ1n) is 6.84. The molecule has 1 aromatic rings. The van der Waals surface area contributed by atoms with Crippen LogP contribution in [0.3, 0.4) is 0 Å². The normalized spacial score (nSPS) is 11.5. The predicted octanol–water partition coefficient (Wildman–Crippen LogP) is 4.89. The molecule has 1 atom stereocenters. The molecule has 1 rings (SSSR count). The fourth-order valence-corrected chi connectivity index (χ4v) is 3.21. The molecular weight excluding hydrogens is 227 g/mol. The zero-order chi connectivity index (χ0) is 12.3. The third-order valence-corrected chi connectivity index (χ3v) is 4.61. The maximum absolute atomic E-state index is 11.9. The highest BCUT2D eigenvalue weighted by Crippen LogP contribution is 2.22. The van der Waals surface area contributed by atoms with Gasteiger partial charge in [-0.1, -0.05) is 63.6 Å². The average molecular weight is 251 g/mol. The van der Waals surface area contributed by atoms with Gasteiger partial charge in [-0.15, -0.1) is 0 Å². The first kappa shape index (κ1) is 14.4. The lowest BCUT2D eigenvalue weighted by Gasteiger charge is -2.02. The van der Waals surface area contributed by atoms with Crippen LogP contribution in [-0.2, 0) is 4.57 Å². The lowest BCUT2D eigenvalue weighted by molar-refractivity contribution is 0.582. The summed E-state index contributed by atoms with van der Waals surface area (Å²) in [6.07, 6.45) is 9.87. The van der Waals surface area contributed by atoms with Crippen molar-refractivity contribution in [3.8, 4) is 0 Å². The van der Waals surface area contributed by atoms with Crippen molar-refractivity contribution in [3.05, 3.63) is 30.3 Å². The Morgan fingerprint density at radius 1 is 0.882 bits per heavy atom. The monoisotopic (exact) mass is 251 g/mol. The van der Waals surface area contributed by atoms with Gasteiger partial charge in [0.1, 0.15) is 7.80 Å². The molecular formula is C15H24OP. The summed E-state index contributed by atoms with van der Waals surface area (Å²) in [5, 5.41) is 1.01.